The van der Waals surface area contributed by atoms with Crippen LogP contribution >= 0.6 is 31.9 Å². The lowest BCUT2D eigenvalue weighted by atomic mass is 10.1. The Labute approximate surface area is 127 Å². The van der Waals surface area contributed by atoms with Crippen molar-refractivity contribution in [2.24, 2.45) is 0 Å². The normalized spacial score (nSPS) is 9.47. The molecule has 19 heavy (non-hydrogen) atoms. The molecule has 0 radical (unpaired) electrons. The molecule has 0 saturated carbocycles. The monoisotopic (exact) mass is 375 g/mol. The van der Waals surface area contributed by atoms with Gasteiger partial charge in [-0.2, -0.15) is 10.5 Å². The van der Waals surface area contributed by atoms with Crippen molar-refractivity contribution in [3.05, 3.63) is 56.5 Å². The van der Waals surface area contributed by atoms with E-state index in [1.54, 1.807) is 24.3 Å². The third-order valence-corrected chi connectivity index (χ3v) is 3.46. The fourth-order valence-electron chi connectivity index (χ4n) is 1.58. The SMILES string of the molecule is N#Cc1cc(Br)ccc1Nc1cc(Br)ccc1C#N. The summed E-state index contributed by atoms with van der Waals surface area (Å²) in [6.07, 6.45) is 0. The first-order valence-electron chi connectivity index (χ1n) is 5.30. The Kier molecular flexibility index (Phi) is 4.21. The summed E-state index contributed by atoms with van der Waals surface area (Å²) < 4.78 is 1.70. The van der Waals surface area contributed by atoms with Gasteiger partial charge in [0.1, 0.15) is 12.1 Å². The smallest absolute Gasteiger partial charge is 0.101 e. The molecule has 0 aliphatic heterocycles. The van der Waals surface area contributed by atoms with Gasteiger partial charge >= 0.3 is 0 Å². The molecule has 0 spiro atoms. The molecule has 0 saturated heterocycles. The Morgan fingerprint density at radius 3 is 2.11 bits per heavy atom. The van der Waals surface area contributed by atoms with E-state index >= 15 is 0 Å². The zero-order valence-corrected chi connectivity index (χ0v) is 12.8. The summed E-state index contributed by atoms with van der Waals surface area (Å²) in [7, 11) is 0. The average Bonchev–Trinajstić information content (AvgIpc) is 2.41. The van der Waals surface area contributed by atoms with E-state index in [2.05, 4.69) is 49.3 Å². The number of nitriles is 2. The van der Waals surface area contributed by atoms with Crippen LogP contribution < -0.4 is 5.32 Å². The predicted octanol–water partition coefficient (Wildman–Crippen LogP) is 4.70. The minimum Gasteiger partial charge on any atom is -0.353 e. The number of anilines is 2. The summed E-state index contributed by atoms with van der Waals surface area (Å²) >= 11 is 6.69. The lowest BCUT2D eigenvalue weighted by Gasteiger charge is -2.10. The Hall–Kier alpha value is -1.82. The van der Waals surface area contributed by atoms with Gasteiger partial charge in [0.25, 0.3) is 0 Å². The lowest BCUT2D eigenvalue weighted by Crippen LogP contribution is -1.96. The maximum atomic E-state index is 9.12. The van der Waals surface area contributed by atoms with Crippen LogP contribution in [0, 0.1) is 22.7 Å². The van der Waals surface area contributed by atoms with E-state index in [0.29, 0.717) is 22.5 Å². The third kappa shape index (κ3) is 3.14. The largest absolute Gasteiger partial charge is 0.353 e. The standard InChI is InChI=1S/C14H7Br2N3/c15-11-3-4-13(10(5-11)8-18)19-14-6-12(16)2-1-9(14)7-17/h1-6,19H. The molecule has 0 amide bonds. The summed E-state index contributed by atoms with van der Waals surface area (Å²) in [6, 6.07) is 14.9. The van der Waals surface area contributed by atoms with Crippen LogP contribution in [-0.2, 0) is 0 Å². The highest BCUT2D eigenvalue weighted by Crippen LogP contribution is 2.27. The molecule has 3 nitrogen and oxygen atoms in total. The van der Waals surface area contributed by atoms with Crippen LogP contribution in [0.15, 0.2) is 45.3 Å². The predicted molar refractivity (Wildman–Crippen MR) is 81.0 cm³/mol. The zero-order valence-electron chi connectivity index (χ0n) is 9.61. The van der Waals surface area contributed by atoms with E-state index in [9.17, 15) is 0 Å². The molecular formula is C14H7Br2N3. The molecular weight excluding hydrogens is 370 g/mol. The molecule has 0 bridgehead atoms. The highest BCUT2D eigenvalue weighted by atomic mass is 79.9. The van der Waals surface area contributed by atoms with Crippen LogP contribution in [0.4, 0.5) is 11.4 Å². The number of nitrogens with zero attached hydrogens (tertiary/aromatic N) is 2. The van der Waals surface area contributed by atoms with Crippen molar-refractivity contribution >= 4 is 43.2 Å². The summed E-state index contributed by atoms with van der Waals surface area (Å²) in [6.45, 7) is 0. The molecule has 5 heteroatoms. The number of rotatable bonds is 2. The van der Waals surface area contributed by atoms with Crippen molar-refractivity contribution in [1.29, 1.82) is 10.5 Å². The van der Waals surface area contributed by atoms with Gasteiger partial charge in [0.15, 0.2) is 0 Å². The van der Waals surface area contributed by atoms with Gasteiger partial charge in [-0.3, -0.25) is 0 Å². The highest BCUT2D eigenvalue weighted by molar-refractivity contribution is 9.10. The Morgan fingerprint density at radius 2 is 1.42 bits per heavy atom. The van der Waals surface area contributed by atoms with Gasteiger partial charge in [0.2, 0.25) is 0 Å². The number of benzene rings is 2. The molecule has 1 N–H and O–H groups in total. The number of halogens is 2. The van der Waals surface area contributed by atoms with E-state index in [0.717, 1.165) is 8.95 Å². The second kappa shape index (κ2) is 5.88. The molecule has 0 aliphatic rings. The molecule has 2 aromatic rings. The van der Waals surface area contributed by atoms with Crippen molar-refractivity contribution < 1.29 is 0 Å². The Morgan fingerprint density at radius 1 is 0.789 bits per heavy atom. The van der Waals surface area contributed by atoms with Crippen LogP contribution in [-0.4, -0.2) is 0 Å². The van der Waals surface area contributed by atoms with Gasteiger partial charge in [0, 0.05) is 8.95 Å². The van der Waals surface area contributed by atoms with Crippen molar-refractivity contribution in [1.82, 2.24) is 0 Å². The highest BCUT2D eigenvalue weighted by Gasteiger charge is 2.07. The Balaban J connectivity index is 2.45. The van der Waals surface area contributed by atoms with E-state index in [1.807, 2.05) is 12.1 Å². The van der Waals surface area contributed by atoms with Gasteiger partial charge in [-0.05, 0) is 36.4 Å². The summed E-state index contributed by atoms with van der Waals surface area (Å²) in [5, 5.41) is 21.3. The summed E-state index contributed by atoms with van der Waals surface area (Å²) in [4.78, 5) is 0. The fraction of sp³-hybridized carbons (Fsp3) is 0. The van der Waals surface area contributed by atoms with Gasteiger partial charge < -0.3 is 5.32 Å². The van der Waals surface area contributed by atoms with Gasteiger partial charge in [0.05, 0.1) is 22.5 Å². The second-order valence-electron chi connectivity index (χ2n) is 3.73. The summed E-state index contributed by atoms with van der Waals surface area (Å²) in [5.74, 6) is 0. The molecule has 0 fully saturated rings. The van der Waals surface area contributed by atoms with E-state index < -0.39 is 0 Å². The second-order valence-corrected chi connectivity index (χ2v) is 5.56. The molecule has 0 unspecified atom stereocenters. The van der Waals surface area contributed by atoms with Crippen LogP contribution in [0.3, 0.4) is 0 Å². The molecule has 2 rings (SSSR count). The topological polar surface area (TPSA) is 59.6 Å². The fourth-order valence-corrected chi connectivity index (χ4v) is 2.30. The van der Waals surface area contributed by atoms with Gasteiger partial charge in [-0.1, -0.05) is 31.9 Å². The minimum absolute atomic E-state index is 0.512. The molecule has 0 heterocycles. The molecule has 0 atom stereocenters. The van der Waals surface area contributed by atoms with Crippen molar-refractivity contribution in [3.63, 3.8) is 0 Å². The first-order valence-corrected chi connectivity index (χ1v) is 6.89. The van der Waals surface area contributed by atoms with Crippen LogP contribution in [0.5, 0.6) is 0 Å². The van der Waals surface area contributed by atoms with Crippen molar-refractivity contribution in [3.8, 4) is 12.1 Å². The van der Waals surface area contributed by atoms with E-state index in [4.69, 9.17) is 10.5 Å². The Bertz CT molecular complexity index is 712. The first-order chi connectivity index (χ1) is 9.13. The van der Waals surface area contributed by atoms with E-state index in [1.165, 1.54) is 0 Å². The van der Waals surface area contributed by atoms with Crippen LogP contribution in [0.2, 0.25) is 0 Å². The van der Waals surface area contributed by atoms with Gasteiger partial charge in [-0.15, -0.1) is 0 Å². The maximum Gasteiger partial charge on any atom is 0.101 e. The van der Waals surface area contributed by atoms with E-state index in [-0.39, 0.29) is 0 Å². The zero-order chi connectivity index (χ0) is 13.8. The number of nitrogens with one attached hydrogen (secondary N) is 1. The minimum atomic E-state index is 0.512. The van der Waals surface area contributed by atoms with Crippen LogP contribution in [0.1, 0.15) is 11.1 Å². The molecule has 0 aliphatic carbocycles. The summed E-state index contributed by atoms with van der Waals surface area (Å²) in [5.41, 5.74) is 2.37. The molecule has 2 aromatic carbocycles. The maximum absolute atomic E-state index is 9.12. The first kappa shape index (κ1) is 13.6. The number of hydrogen-bond acceptors (Lipinski definition) is 3. The van der Waals surface area contributed by atoms with Crippen molar-refractivity contribution in [2.75, 3.05) is 5.32 Å². The lowest BCUT2D eigenvalue weighted by molar-refractivity contribution is 1.43. The van der Waals surface area contributed by atoms with Crippen molar-refractivity contribution in [2.45, 2.75) is 0 Å². The molecule has 0 aromatic heterocycles. The number of hydrogen-bond donors (Lipinski definition) is 1. The van der Waals surface area contributed by atoms with Gasteiger partial charge in [-0.25, -0.2) is 0 Å². The quantitative estimate of drug-likeness (QED) is 0.826. The molecule has 92 valence electrons. The average molecular weight is 377 g/mol. The van der Waals surface area contributed by atoms with Crippen LogP contribution in [0.25, 0.3) is 0 Å². The third-order valence-electron chi connectivity index (χ3n) is 2.47.